The zero-order valence-electron chi connectivity index (χ0n) is 15.2. The fraction of sp³-hybridized carbons (Fsp3) is 0.455. The zero-order chi connectivity index (χ0) is 17.5. The number of likely N-dealkylation sites (tertiary alicyclic amines) is 1. The van der Waals surface area contributed by atoms with Gasteiger partial charge < -0.3 is 14.7 Å². The van der Waals surface area contributed by atoms with Crippen LogP contribution in [0.5, 0.6) is 5.75 Å². The molecule has 3 rings (SSSR count). The van der Waals surface area contributed by atoms with Gasteiger partial charge in [-0.3, -0.25) is 0 Å². The van der Waals surface area contributed by atoms with Crippen LogP contribution in [0.15, 0.2) is 54.6 Å². The first-order chi connectivity index (χ1) is 12.3. The van der Waals surface area contributed by atoms with E-state index in [2.05, 4.69) is 31.2 Å². The third-order valence-corrected chi connectivity index (χ3v) is 5.12. The lowest BCUT2D eigenvalue weighted by Gasteiger charge is -2.26. The van der Waals surface area contributed by atoms with Crippen LogP contribution in [0.4, 0.5) is 0 Å². The number of aliphatic hydroxyl groups excluding tert-OH is 1. The second-order valence-corrected chi connectivity index (χ2v) is 7.04. The van der Waals surface area contributed by atoms with Crippen LogP contribution >= 0.6 is 0 Å². The summed E-state index contributed by atoms with van der Waals surface area (Å²) in [7, 11) is 0. The van der Waals surface area contributed by atoms with Gasteiger partial charge in [-0.05, 0) is 29.7 Å². The van der Waals surface area contributed by atoms with Gasteiger partial charge in [0.05, 0.1) is 38.3 Å². The molecule has 1 aliphatic heterocycles. The Labute approximate surface area is 151 Å². The first kappa shape index (κ1) is 18.0. The van der Waals surface area contributed by atoms with Crippen molar-refractivity contribution >= 4 is 0 Å². The molecule has 1 fully saturated rings. The molecule has 2 aromatic rings. The van der Waals surface area contributed by atoms with Gasteiger partial charge >= 0.3 is 0 Å². The topological polar surface area (TPSA) is 33.9 Å². The van der Waals surface area contributed by atoms with Gasteiger partial charge in [0.2, 0.25) is 0 Å². The van der Waals surface area contributed by atoms with Crippen molar-refractivity contribution in [2.75, 3.05) is 26.2 Å². The molecule has 1 saturated heterocycles. The van der Waals surface area contributed by atoms with Crippen LogP contribution in [0.2, 0.25) is 0 Å². The lowest BCUT2D eigenvalue weighted by Crippen LogP contribution is -3.10. The molecule has 0 aromatic heterocycles. The zero-order valence-corrected chi connectivity index (χ0v) is 15.2. The average molecular weight is 340 g/mol. The molecule has 0 saturated carbocycles. The normalized spacial score (nSPS) is 17.4. The van der Waals surface area contributed by atoms with Crippen LogP contribution in [0.1, 0.15) is 49.3 Å². The molecule has 3 nitrogen and oxygen atoms in total. The maximum atomic E-state index is 11.1. The SMILES string of the molecule is CCCOc1ccc([C@@H](O)[C@@H](C[NH+]2CCCC2)c2ccccc2)cc1. The van der Waals surface area contributed by atoms with E-state index < -0.39 is 6.10 Å². The van der Waals surface area contributed by atoms with Gasteiger partial charge in [0, 0.05) is 12.8 Å². The van der Waals surface area contributed by atoms with Crippen LogP contribution in [0.3, 0.4) is 0 Å². The van der Waals surface area contributed by atoms with E-state index in [-0.39, 0.29) is 5.92 Å². The lowest BCUT2D eigenvalue weighted by atomic mass is 9.88. The van der Waals surface area contributed by atoms with Gasteiger partial charge in [0.1, 0.15) is 5.75 Å². The average Bonchev–Trinajstić information content (AvgIpc) is 3.18. The molecular formula is C22H30NO2+. The van der Waals surface area contributed by atoms with Gasteiger partial charge in [-0.25, -0.2) is 0 Å². The third-order valence-electron chi connectivity index (χ3n) is 5.12. The van der Waals surface area contributed by atoms with Crippen molar-refractivity contribution in [3.63, 3.8) is 0 Å². The van der Waals surface area contributed by atoms with E-state index in [1.807, 2.05) is 30.3 Å². The second-order valence-electron chi connectivity index (χ2n) is 7.04. The first-order valence-corrected chi connectivity index (χ1v) is 9.57. The Morgan fingerprint density at radius 2 is 1.64 bits per heavy atom. The quantitative estimate of drug-likeness (QED) is 0.775. The molecule has 0 radical (unpaired) electrons. The lowest BCUT2D eigenvalue weighted by molar-refractivity contribution is -0.889. The minimum absolute atomic E-state index is 0.122. The molecule has 0 amide bonds. The molecule has 1 aliphatic rings. The molecule has 0 bridgehead atoms. The largest absolute Gasteiger partial charge is 0.494 e. The number of quaternary nitrogens is 1. The Bertz CT molecular complexity index is 620. The van der Waals surface area contributed by atoms with Crippen molar-refractivity contribution in [3.8, 4) is 5.75 Å². The summed E-state index contributed by atoms with van der Waals surface area (Å²) >= 11 is 0. The Hall–Kier alpha value is -1.84. The molecule has 0 aliphatic carbocycles. The Morgan fingerprint density at radius 3 is 2.28 bits per heavy atom. The smallest absolute Gasteiger partial charge is 0.119 e. The van der Waals surface area contributed by atoms with Gasteiger partial charge in [0.15, 0.2) is 0 Å². The van der Waals surface area contributed by atoms with Crippen LogP contribution in [-0.4, -0.2) is 31.3 Å². The molecular weight excluding hydrogens is 310 g/mol. The minimum Gasteiger partial charge on any atom is -0.494 e. The molecule has 134 valence electrons. The maximum Gasteiger partial charge on any atom is 0.119 e. The standard InChI is InChI=1S/C22H29NO2/c1-2-16-25-20-12-10-19(11-13-20)22(24)21(17-23-14-6-7-15-23)18-8-4-3-5-9-18/h3-5,8-13,21-22,24H,2,6-7,14-17H2,1H3/p+1/t21-,22+/m0/s1. The number of hydrogen-bond acceptors (Lipinski definition) is 2. The van der Waals surface area contributed by atoms with E-state index in [0.717, 1.165) is 30.9 Å². The highest BCUT2D eigenvalue weighted by Crippen LogP contribution is 2.31. The van der Waals surface area contributed by atoms with Gasteiger partial charge in [-0.2, -0.15) is 0 Å². The van der Waals surface area contributed by atoms with Crippen LogP contribution in [0, 0.1) is 0 Å². The Morgan fingerprint density at radius 1 is 0.960 bits per heavy atom. The van der Waals surface area contributed by atoms with Crippen molar-refractivity contribution in [1.82, 2.24) is 0 Å². The van der Waals surface area contributed by atoms with E-state index in [1.165, 1.54) is 31.5 Å². The highest BCUT2D eigenvalue weighted by molar-refractivity contribution is 5.31. The summed E-state index contributed by atoms with van der Waals surface area (Å²) < 4.78 is 5.66. The number of aliphatic hydroxyl groups is 1. The number of rotatable bonds is 8. The van der Waals surface area contributed by atoms with Gasteiger partial charge in [0.25, 0.3) is 0 Å². The number of ether oxygens (including phenoxy) is 1. The van der Waals surface area contributed by atoms with E-state index in [9.17, 15) is 5.11 Å². The molecule has 25 heavy (non-hydrogen) atoms. The molecule has 3 heteroatoms. The van der Waals surface area contributed by atoms with E-state index in [0.29, 0.717) is 0 Å². The maximum absolute atomic E-state index is 11.1. The fourth-order valence-corrected chi connectivity index (χ4v) is 3.72. The monoisotopic (exact) mass is 340 g/mol. The van der Waals surface area contributed by atoms with Crippen molar-refractivity contribution in [2.45, 2.75) is 38.2 Å². The first-order valence-electron chi connectivity index (χ1n) is 9.57. The van der Waals surface area contributed by atoms with Gasteiger partial charge in [-0.15, -0.1) is 0 Å². The summed E-state index contributed by atoms with van der Waals surface area (Å²) in [4.78, 5) is 1.61. The predicted octanol–water partition coefficient (Wildman–Crippen LogP) is 2.97. The summed E-state index contributed by atoms with van der Waals surface area (Å²) in [6.45, 7) is 6.26. The molecule has 2 aromatic carbocycles. The molecule has 1 heterocycles. The van der Waals surface area contributed by atoms with E-state index >= 15 is 0 Å². The van der Waals surface area contributed by atoms with E-state index in [4.69, 9.17) is 4.74 Å². The summed E-state index contributed by atoms with van der Waals surface area (Å²) in [6, 6.07) is 18.4. The summed E-state index contributed by atoms with van der Waals surface area (Å²) in [5.41, 5.74) is 2.19. The number of hydrogen-bond donors (Lipinski definition) is 2. The van der Waals surface area contributed by atoms with Crippen LogP contribution in [-0.2, 0) is 0 Å². The summed E-state index contributed by atoms with van der Waals surface area (Å²) in [6.07, 6.45) is 3.11. The number of benzene rings is 2. The van der Waals surface area contributed by atoms with Crippen LogP contribution < -0.4 is 9.64 Å². The number of nitrogens with one attached hydrogen (secondary N) is 1. The molecule has 2 N–H and O–H groups in total. The van der Waals surface area contributed by atoms with Crippen molar-refractivity contribution in [3.05, 3.63) is 65.7 Å². The molecule has 2 atom stereocenters. The van der Waals surface area contributed by atoms with Crippen molar-refractivity contribution in [1.29, 1.82) is 0 Å². The summed E-state index contributed by atoms with van der Waals surface area (Å²) in [5, 5.41) is 11.1. The summed E-state index contributed by atoms with van der Waals surface area (Å²) in [5.74, 6) is 0.996. The second kappa shape index (κ2) is 9.02. The fourth-order valence-electron chi connectivity index (χ4n) is 3.72. The minimum atomic E-state index is -0.490. The third kappa shape index (κ3) is 4.83. The van der Waals surface area contributed by atoms with Gasteiger partial charge in [-0.1, -0.05) is 49.4 Å². The highest BCUT2D eigenvalue weighted by Gasteiger charge is 2.28. The Balaban J connectivity index is 1.76. The van der Waals surface area contributed by atoms with Crippen LogP contribution in [0.25, 0.3) is 0 Å². The molecule has 0 unspecified atom stereocenters. The molecule has 0 spiro atoms. The van der Waals surface area contributed by atoms with Crippen molar-refractivity contribution < 1.29 is 14.7 Å². The van der Waals surface area contributed by atoms with E-state index in [1.54, 1.807) is 4.90 Å². The van der Waals surface area contributed by atoms with Crippen molar-refractivity contribution in [2.24, 2.45) is 0 Å². The highest BCUT2D eigenvalue weighted by atomic mass is 16.5. The predicted molar refractivity (Wildman–Crippen MR) is 101 cm³/mol. The Kier molecular flexibility index (Phi) is 6.48.